The third-order valence-electron chi connectivity index (χ3n) is 2.74. The van der Waals surface area contributed by atoms with Gasteiger partial charge in [0.2, 0.25) is 0 Å². The molecule has 6 nitrogen and oxygen atoms in total. The van der Waals surface area contributed by atoms with Gasteiger partial charge in [-0.25, -0.2) is 4.79 Å². The molecule has 0 spiro atoms. The van der Waals surface area contributed by atoms with E-state index in [0.717, 1.165) is 5.75 Å². The molecular weight excluding hydrogens is 272 g/mol. The number of nitrogens with zero attached hydrogens (tertiary/aromatic N) is 1. The zero-order valence-electron chi connectivity index (χ0n) is 12.6. The molecule has 0 aliphatic rings. The number of nitrogens with one attached hydrogen (secondary N) is 1. The van der Waals surface area contributed by atoms with Crippen LogP contribution >= 0.6 is 0 Å². The Labute approximate surface area is 124 Å². The van der Waals surface area contributed by atoms with E-state index in [-0.39, 0.29) is 6.54 Å². The summed E-state index contributed by atoms with van der Waals surface area (Å²) < 4.78 is 5.45. The number of carbonyl (C=O) groups excluding carboxylic acids is 1. The van der Waals surface area contributed by atoms with Crippen LogP contribution in [-0.2, 0) is 4.79 Å². The van der Waals surface area contributed by atoms with Crippen molar-refractivity contribution in [1.29, 1.82) is 0 Å². The monoisotopic (exact) mass is 294 g/mol. The Morgan fingerprint density at radius 2 is 1.86 bits per heavy atom. The molecule has 0 fully saturated rings. The summed E-state index contributed by atoms with van der Waals surface area (Å²) in [6, 6.07) is 8.86. The molecule has 0 saturated carbocycles. The number of urea groups is 1. The molecule has 0 aliphatic heterocycles. The fourth-order valence-corrected chi connectivity index (χ4v) is 1.69. The van der Waals surface area contributed by atoms with Crippen molar-refractivity contribution in [3.8, 4) is 5.75 Å². The summed E-state index contributed by atoms with van der Waals surface area (Å²) in [4.78, 5) is 24.1. The smallest absolute Gasteiger partial charge is 0.323 e. The lowest BCUT2D eigenvalue weighted by Crippen LogP contribution is -2.52. The van der Waals surface area contributed by atoms with Crippen LogP contribution in [0.1, 0.15) is 20.8 Å². The molecular formula is C15H22N2O4. The Hall–Kier alpha value is -2.24. The third-order valence-corrected chi connectivity index (χ3v) is 2.74. The summed E-state index contributed by atoms with van der Waals surface area (Å²) in [6.07, 6.45) is 0. The van der Waals surface area contributed by atoms with E-state index in [0.29, 0.717) is 13.2 Å². The highest BCUT2D eigenvalue weighted by Crippen LogP contribution is 2.13. The number of amides is 2. The maximum absolute atomic E-state index is 12.0. The standard InChI is InChI=1S/C15H22N2O4/c1-15(2,3)17(11-13(18)19)14(20)16-9-10-21-12-7-5-4-6-8-12/h4-8H,9-11H2,1-3H3,(H,16,20)(H,18,19). The lowest BCUT2D eigenvalue weighted by atomic mass is 10.1. The van der Waals surface area contributed by atoms with E-state index >= 15 is 0 Å². The molecule has 116 valence electrons. The van der Waals surface area contributed by atoms with Crippen LogP contribution in [0.2, 0.25) is 0 Å². The fraction of sp³-hybridized carbons (Fsp3) is 0.467. The highest BCUT2D eigenvalue weighted by molar-refractivity contribution is 5.80. The van der Waals surface area contributed by atoms with Crippen molar-refractivity contribution in [3.05, 3.63) is 30.3 Å². The Kier molecular flexibility index (Phi) is 6.02. The number of hydrogen-bond donors (Lipinski definition) is 2. The Morgan fingerprint density at radius 3 is 2.38 bits per heavy atom. The van der Waals surface area contributed by atoms with Gasteiger partial charge in [-0.05, 0) is 32.9 Å². The largest absolute Gasteiger partial charge is 0.492 e. The van der Waals surface area contributed by atoms with Crippen molar-refractivity contribution in [2.75, 3.05) is 19.7 Å². The van der Waals surface area contributed by atoms with Crippen molar-refractivity contribution in [1.82, 2.24) is 10.2 Å². The van der Waals surface area contributed by atoms with Gasteiger partial charge in [-0.2, -0.15) is 0 Å². The first-order chi connectivity index (χ1) is 9.80. The van der Waals surface area contributed by atoms with Crippen LogP contribution in [0, 0.1) is 0 Å². The Morgan fingerprint density at radius 1 is 1.24 bits per heavy atom. The number of para-hydroxylation sites is 1. The Bertz CT molecular complexity index is 468. The number of ether oxygens (including phenoxy) is 1. The summed E-state index contributed by atoms with van der Waals surface area (Å²) >= 11 is 0. The van der Waals surface area contributed by atoms with Gasteiger partial charge >= 0.3 is 12.0 Å². The van der Waals surface area contributed by atoms with Gasteiger partial charge in [0, 0.05) is 5.54 Å². The zero-order valence-corrected chi connectivity index (χ0v) is 12.6. The molecule has 1 aromatic carbocycles. The molecule has 1 rings (SSSR count). The van der Waals surface area contributed by atoms with E-state index in [1.165, 1.54) is 4.90 Å². The maximum Gasteiger partial charge on any atom is 0.323 e. The van der Waals surface area contributed by atoms with Gasteiger partial charge in [-0.1, -0.05) is 18.2 Å². The number of aliphatic carboxylic acids is 1. The van der Waals surface area contributed by atoms with Gasteiger partial charge in [0.1, 0.15) is 18.9 Å². The predicted octanol–water partition coefficient (Wildman–Crippen LogP) is 1.96. The molecule has 21 heavy (non-hydrogen) atoms. The van der Waals surface area contributed by atoms with E-state index in [1.807, 2.05) is 30.3 Å². The van der Waals surface area contributed by atoms with E-state index in [2.05, 4.69) is 5.32 Å². The molecule has 2 N–H and O–H groups in total. The molecule has 2 amide bonds. The minimum Gasteiger partial charge on any atom is -0.492 e. The molecule has 6 heteroatoms. The number of rotatable bonds is 6. The number of carboxylic acids is 1. The van der Waals surface area contributed by atoms with E-state index in [9.17, 15) is 9.59 Å². The van der Waals surface area contributed by atoms with Gasteiger partial charge in [0.15, 0.2) is 0 Å². The van der Waals surface area contributed by atoms with Crippen LogP contribution in [0.5, 0.6) is 5.75 Å². The first-order valence-electron chi connectivity index (χ1n) is 6.76. The number of carbonyl (C=O) groups is 2. The average Bonchev–Trinajstić information content (AvgIpc) is 2.40. The van der Waals surface area contributed by atoms with Crippen LogP contribution in [0.4, 0.5) is 4.79 Å². The topological polar surface area (TPSA) is 78.9 Å². The van der Waals surface area contributed by atoms with Gasteiger partial charge in [0.25, 0.3) is 0 Å². The van der Waals surface area contributed by atoms with E-state index in [1.54, 1.807) is 20.8 Å². The van der Waals surface area contributed by atoms with Crippen molar-refractivity contribution >= 4 is 12.0 Å². The van der Waals surface area contributed by atoms with Crippen LogP contribution < -0.4 is 10.1 Å². The van der Waals surface area contributed by atoms with Crippen LogP contribution in [0.15, 0.2) is 30.3 Å². The van der Waals surface area contributed by atoms with Gasteiger partial charge < -0.3 is 20.1 Å². The molecule has 0 radical (unpaired) electrons. The van der Waals surface area contributed by atoms with Crippen LogP contribution in [0.25, 0.3) is 0 Å². The minimum atomic E-state index is -1.04. The molecule has 0 unspecified atom stereocenters. The second-order valence-corrected chi connectivity index (χ2v) is 5.54. The average molecular weight is 294 g/mol. The number of carboxylic acid groups (broad SMARTS) is 1. The fourth-order valence-electron chi connectivity index (χ4n) is 1.69. The first kappa shape index (κ1) is 16.8. The summed E-state index contributed by atoms with van der Waals surface area (Å²) in [5, 5.41) is 11.5. The summed E-state index contributed by atoms with van der Waals surface area (Å²) in [5.74, 6) is -0.314. The zero-order chi connectivity index (χ0) is 15.9. The quantitative estimate of drug-likeness (QED) is 0.786. The number of hydrogen-bond acceptors (Lipinski definition) is 3. The number of benzene rings is 1. The summed E-state index contributed by atoms with van der Waals surface area (Å²) in [7, 11) is 0. The van der Waals surface area contributed by atoms with Crippen molar-refractivity contribution in [2.45, 2.75) is 26.3 Å². The predicted molar refractivity (Wildman–Crippen MR) is 79.4 cm³/mol. The maximum atomic E-state index is 12.0. The normalized spacial score (nSPS) is 10.8. The Balaban J connectivity index is 2.42. The molecule has 0 heterocycles. The molecule has 0 atom stereocenters. The molecule has 0 aromatic heterocycles. The lowest BCUT2D eigenvalue weighted by Gasteiger charge is -2.34. The SMILES string of the molecule is CC(C)(C)N(CC(=O)O)C(=O)NCCOc1ccccc1. The first-order valence-corrected chi connectivity index (χ1v) is 6.76. The van der Waals surface area contributed by atoms with Gasteiger partial charge in [0.05, 0.1) is 6.54 Å². The summed E-state index contributed by atoms with van der Waals surface area (Å²) in [6.45, 7) is 5.65. The van der Waals surface area contributed by atoms with Gasteiger partial charge in [-0.15, -0.1) is 0 Å². The van der Waals surface area contributed by atoms with Crippen molar-refractivity contribution < 1.29 is 19.4 Å². The minimum absolute atomic E-state index is 0.305. The van der Waals surface area contributed by atoms with Crippen LogP contribution in [-0.4, -0.2) is 47.2 Å². The van der Waals surface area contributed by atoms with Crippen molar-refractivity contribution in [3.63, 3.8) is 0 Å². The molecule has 1 aromatic rings. The second-order valence-electron chi connectivity index (χ2n) is 5.54. The highest BCUT2D eigenvalue weighted by Gasteiger charge is 2.28. The molecule has 0 bridgehead atoms. The highest BCUT2D eigenvalue weighted by atomic mass is 16.5. The van der Waals surface area contributed by atoms with E-state index in [4.69, 9.17) is 9.84 Å². The summed E-state index contributed by atoms with van der Waals surface area (Å²) in [5.41, 5.74) is -0.567. The van der Waals surface area contributed by atoms with Crippen molar-refractivity contribution in [2.24, 2.45) is 0 Å². The molecule has 0 aliphatic carbocycles. The third kappa shape index (κ3) is 6.16. The van der Waals surface area contributed by atoms with Crippen LogP contribution in [0.3, 0.4) is 0 Å². The lowest BCUT2D eigenvalue weighted by molar-refractivity contribution is -0.138. The van der Waals surface area contributed by atoms with Gasteiger partial charge in [-0.3, -0.25) is 4.79 Å². The van der Waals surface area contributed by atoms with E-state index < -0.39 is 17.5 Å². The second kappa shape index (κ2) is 7.52. The molecule has 0 saturated heterocycles.